The van der Waals surface area contributed by atoms with E-state index in [1.165, 1.54) is 0 Å². The second kappa shape index (κ2) is 7.45. The summed E-state index contributed by atoms with van der Waals surface area (Å²) < 4.78 is 0. The van der Waals surface area contributed by atoms with Crippen LogP contribution in [0.5, 0.6) is 0 Å². The van der Waals surface area contributed by atoms with Crippen LogP contribution in [0.15, 0.2) is 54.6 Å². The maximum Gasteiger partial charge on any atom is 0.243 e. The molecule has 1 amide bonds. The zero-order valence-corrected chi connectivity index (χ0v) is 12.1. The molecule has 0 bridgehead atoms. The average molecular weight is 284 g/mol. The fraction of sp³-hybridized carbons (Fsp3) is 0.235. The van der Waals surface area contributed by atoms with Crippen LogP contribution in [0.2, 0.25) is 0 Å². The fourth-order valence-corrected chi connectivity index (χ4v) is 2.07. The van der Waals surface area contributed by atoms with Crippen LogP contribution in [0.3, 0.4) is 0 Å². The summed E-state index contributed by atoms with van der Waals surface area (Å²) in [5.41, 5.74) is 2.85. The van der Waals surface area contributed by atoms with Gasteiger partial charge in [-0.05, 0) is 31.2 Å². The van der Waals surface area contributed by atoms with Gasteiger partial charge in [-0.1, -0.05) is 35.9 Å². The topological polar surface area (TPSA) is 52.6 Å². The number of aliphatic hydroxyl groups excluding tert-OH is 1. The van der Waals surface area contributed by atoms with E-state index in [0.29, 0.717) is 6.54 Å². The van der Waals surface area contributed by atoms with E-state index in [0.717, 1.165) is 16.9 Å². The number of hydrogen-bond acceptors (Lipinski definition) is 3. The lowest BCUT2D eigenvalue weighted by molar-refractivity contribution is -0.115. The van der Waals surface area contributed by atoms with Crippen molar-refractivity contribution in [3.05, 3.63) is 60.2 Å². The maximum absolute atomic E-state index is 12.1. The number of amides is 1. The van der Waals surface area contributed by atoms with E-state index in [-0.39, 0.29) is 19.1 Å². The third-order valence-electron chi connectivity index (χ3n) is 3.16. The van der Waals surface area contributed by atoms with Gasteiger partial charge in [-0.2, -0.15) is 0 Å². The van der Waals surface area contributed by atoms with Gasteiger partial charge in [-0.15, -0.1) is 0 Å². The molecule has 0 aliphatic heterocycles. The molecule has 21 heavy (non-hydrogen) atoms. The molecule has 110 valence electrons. The second-order valence-electron chi connectivity index (χ2n) is 4.89. The minimum atomic E-state index is -0.101. The Labute approximate surface area is 125 Å². The third-order valence-corrected chi connectivity index (χ3v) is 3.16. The third kappa shape index (κ3) is 4.61. The minimum absolute atomic E-state index is 0.00665. The number of aryl methyl sites for hydroxylation is 1. The van der Waals surface area contributed by atoms with Crippen LogP contribution in [0, 0.1) is 6.92 Å². The zero-order valence-electron chi connectivity index (χ0n) is 12.1. The van der Waals surface area contributed by atoms with Gasteiger partial charge in [0.2, 0.25) is 5.91 Å². The van der Waals surface area contributed by atoms with Crippen LogP contribution in [-0.2, 0) is 4.79 Å². The van der Waals surface area contributed by atoms with Crippen LogP contribution >= 0.6 is 0 Å². The molecule has 2 aromatic carbocycles. The molecule has 4 heteroatoms. The van der Waals surface area contributed by atoms with Gasteiger partial charge in [0.05, 0.1) is 13.2 Å². The number of aliphatic hydroxyl groups is 1. The van der Waals surface area contributed by atoms with Gasteiger partial charge in [0, 0.05) is 17.9 Å². The van der Waals surface area contributed by atoms with E-state index in [1.54, 1.807) is 0 Å². The summed E-state index contributed by atoms with van der Waals surface area (Å²) in [7, 11) is 0. The molecule has 2 N–H and O–H groups in total. The number of benzene rings is 2. The predicted octanol–water partition coefficient (Wildman–Crippen LogP) is 2.43. The molecular formula is C17H20N2O2. The van der Waals surface area contributed by atoms with Crippen molar-refractivity contribution >= 4 is 17.3 Å². The largest absolute Gasteiger partial charge is 0.395 e. The number of para-hydroxylation sites is 1. The number of hydrogen-bond donors (Lipinski definition) is 2. The van der Waals surface area contributed by atoms with E-state index in [2.05, 4.69) is 5.32 Å². The summed E-state index contributed by atoms with van der Waals surface area (Å²) >= 11 is 0. The van der Waals surface area contributed by atoms with Crippen molar-refractivity contribution < 1.29 is 9.90 Å². The Kier molecular flexibility index (Phi) is 5.35. The first kappa shape index (κ1) is 15.1. The monoisotopic (exact) mass is 284 g/mol. The van der Waals surface area contributed by atoms with Gasteiger partial charge in [0.15, 0.2) is 0 Å². The van der Waals surface area contributed by atoms with E-state index in [4.69, 9.17) is 5.11 Å². The van der Waals surface area contributed by atoms with Crippen LogP contribution in [0.4, 0.5) is 11.4 Å². The molecule has 0 fully saturated rings. The van der Waals surface area contributed by atoms with Crippen molar-refractivity contribution in [3.8, 4) is 0 Å². The van der Waals surface area contributed by atoms with Gasteiger partial charge in [0.1, 0.15) is 0 Å². The SMILES string of the molecule is Cc1ccc(NC(=O)CN(CCO)c2ccccc2)cc1. The Morgan fingerprint density at radius 1 is 1.10 bits per heavy atom. The van der Waals surface area contributed by atoms with Crippen LogP contribution in [-0.4, -0.2) is 30.7 Å². The van der Waals surface area contributed by atoms with Gasteiger partial charge < -0.3 is 15.3 Å². The first-order valence-electron chi connectivity index (χ1n) is 6.96. The number of nitrogens with zero attached hydrogens (tertiary/aromatic N) is 1. The summed E-state index contributed by atoms with van der Waals surface area (Å²) in [5.74, 6) is -0.101. The molecule has 2 aromatic rings. The molecule has 0 aliphatic carbocycles. The Hall–Kier alpha value is -2.33. The number of anilines is 2. The first-order valence-corrected chi connectivity index (χ1v) is 6.96. The van der Waals surface area contributed by atoms with E-state index in [1.807, 2.05) is 66.4 Å². The van der Waals surface area contributed by atoms with E-state index < -0.39 is 0 Å². The molecule has 0 aliphatic rings. The Balaban J connectivity index is 2.00. The second-order valence-corrected chi connectivity index (χ2v) is 4.89. The molecule has 0 unspecified atom stereocenters. The molecule has 0 heterocycles. The van der Waals surface area contributed by atoms with Crippen LogP contribution in [0.25, 0.3) is 0 Å². The molecule has 0 atom stereocenters. The molecule has 0 spiro atoms. The Morgan fingerprint density at radius 3 is 2.38 bits per heavy atom. The number of carbonyl (C=O) groups excluding carboxylic acids is 1. The van der Waals surface area contributed by atoms with Gasteiger partial charge >= 0.3 is 0 Å². The lowest BCUT2D eigenvalue weighted by Crippen LogP contribution is -2.35. The molecule has 0 saturated carbocycles. The molecule has 4 nitrogen and oxygen atoms in total. The summed E-state index contributed by atoms with van der Waals surface area (Å²) in [5, 5.41) is 12.0. The number of carbonyl (C=O) groups is 1. The van der Waals surface area contributed by atoms with Crippen LogP contribution in [0.1, 0.15) is 5.56 Å². The van der Waals surface area contributed by atoms with Crippen molar-refractivity contribution in [1.29, 1.82) is 0 Å². The normalized spacial score (nSPS) is 10.2. The molecule has 2 rings (SSSR count). The van der Waals surface area contributed by atoms with Gasteiger partial charge in [-0.3, -0.25) is 4.79 Å². The minimum Gasteiger partial charge on any atom is -0.395 e. The Bertz CT molecular complexity index is 567. The van der Waals surface area contributed by atoms with Crippen molar-refractivity contribution in [2.45, 2.75) is 6.92 Å². The maximum atomic E-state index is 12.1. The average Bonchev–Trinajstić information content (AvgIpc) is 2.50. The quantitative estimate of drug-likeness (QED) is 0.856. The Morgan fingerprint density at radius 2 is 1.76 bits per heavy atom. The summed E-state index contributed by atoms with van der Waals surface area (Å²) in [6.45, 7) is 2.64. The van der Waals surface area contributed by atoms with E-state index >= 15 is 0 Å². The molecular weight excluding hydrogens is 264 g/mol. The summed E-state index contributed by atoms with van der Waals surface area (Å²) in [6.07, 6.45) is 0. The lowest BCUT2D eigenvalue weighted by atomic mass is 10.2. The zero-order chi connectivity index (χ0) is 15.1. The molecule has 0 saturated heterocycles. The molecule has 0 radical (unpaired) electrons. The highest BCUT2D eigenvalue weighted by molar-refractivity contribution is 5.94. The van der Waals surface area contributed by atoms with Crippen molar-refractivity contribution in [1.82, 2.24) is 0 Å². The predicted molar refractivity (Wildman–Crippen MR) is 85.5 cm³/mol. The standard InChI is InChI=1S/C17H20N2O2/c1-14-7-9-15(10-8-14)18-17(21)13-19(11-12-20)16-5-3-2-4-6-16/h2-10,20H,11-13H2,1H3,(H,18,21). The lowest BCUT2D eigenvalue weighted by Gasteiger charge is -2.23. The van der Waals surface area contributed by atoms with E-state index in [9.17, 15) is 4.79 Å². The van der Waals surface area contributed by atoms with Gasteiger partial charge in [-0.25, -0.2) is 0 Å². The highest BCUT2D eigenvalue weighted by Crippen LogP contribution is 2.13. The number of rotatable bonds is 6. The highest BCUT2D eigenvalue weighted by atomic mass is 16.3. The summed E-state index contributed by atoms with van der Waals surface area (Å²) in [6, 6.07) is 17.3. The highest BCUT2D eigenvalue weighted by Gasteiger charge is 2.11. The van der Waals surface area contributed by atoms with Crippen molar-refractivity contribution in [3.63, 3.8) is 0 Å². The smallest absolute Gasteiger partial charge is 0.243 e. The van der Waals surface area contributed by atoms with Crippen molar-refractivity contribution in [2.24, 2.45) is 0 Å². The van der Waals surface area contributed by atoms with Gasteiger partial charge in [0.25, 0.3) is 0 Å². The summed E-state index contributed by atoms with van der Waals surface area (Å²) in [4.78, 5) is 14.0. The molecule has 0 aromatic heterocycles. The van der Waals surface area contributed by atoms with Crippen molar-refractivity contribution in [2.75, 3.05) is 29.9 Å². The van der Waals surface area contributed by atoms with Crippen LogP contribution < -0.4 is 10.2 Å². The fourth-order valence-electron chi connectivity index (χ4n) is 2.07. The first-order chi connectivity index (χ1) is 10.2. The number of nitrogens with one attached hydrogen (secondary N) is 1.